The molecule has 100 valence electrons. The van der Waals surface area contributed by atoms with E-state index in [2.05, 4.69) is 27.7 Å². The summed E-state index contributed by atoms with van der Waals surface area (Å²) in [6.45, 7) is 3.60. The summed E-state index contributed by atoms with van der Waals surface area (Å²) in [5.41, 5.74) is 2.36. The zero-order valence-electron chi connectivity index (χ0n) is 11.1. The fourth-order valence-corrected chi connectivity index (χ4v) is 2.42. The highest BCUT2D eigenvalue weighted by Crippen LogP contribution is 2.13. The minimum atomic E-state index is -0.406. The largest absolute Gasteiger partial charge is 0.289 e. The summed E-state index contributed by atoms with van der Waals surface area (Å²) in [5, 5.41) is 13.3. The SMILES string of the molecule is Cc1cc(C)n(C(=O)/C(C#N)=C/c2cccc(I)c2)n1. The lowest BCUT2D eigenvalue weighted by Crippen LogP contribution is -2.15. The summed E-state index contributed by atoms with van der Waals surface area (Å²) < 4.78 is 2.31. The Morgan fingerprint density at radius 3 is 2.70 bits per heavy atom. The van der Waals surface area contributed by atoms with Gasteiger partial charge in [-0.1, -0.05) is 12.1 Å². The molecule has 1 aromatic carbocycles. The van der Waals surface area contributed by atoms with E-state index in [-0.39, 0.29) is 5.57 Å². The maximum atomic E-state index is 12.3. The summed E-state index contributed by atoms with van der Waals surface area (Å²) in [4.78, 5) is 12.3. The Hall–Kier alpha value is -1.94. The molecule has 0 atom stereocenters. The second-order valence-corrected chi connectivity index (χ2v) is 5.61. The molecule has 20 heavy (non-hydrogen) atoms. The summed E-state index contributed by atoms with van der Waals surface area (Å²) in [5.74, 6) is -0.406. The average molecular weight is 377 g/mol. The lowest BCUT2D eigenvalue weighted by molar-refractivity contribution is 0.0944. The second kappa shape index (κ2) is 6.01. The van der Waals surface area contributed by atoms with Gasteiger partial charge in [-0.3, -0.25) is 4.79 Å². The smallest absolute Gasteiger partial charge is 0.266 e. The number of carbonyl (C=O) groups excluding carboxylic acids is 1. The van der Waals surface area contributed by atoms with Crippen LogP contribution in [0, 0.1) is 28.7 Å². The van der Waals surface area contributed by atoms with Crippen LogP contribution in [0.5, 0.6) is 0 Å². The van der Waals surface area contributed by atoms with E-state index in [4.69, 9.17) is 0 Å². The Morgan fingerprint density at radius 2 is 2.15 bits per heavy atom. The summed E-state index contributed by atoms with van der Waals surface area (Å²) in [6, 6.07) is 11.4. The highest BCUT2D eigenvalue weighted by atomic mass is 127. The first kappa shape index (κ1) is 14.5. The number of benzene rings is 1. The van der Waals surface area contributed by atoms with Crippen LogP contribution in [0.1, 0.15) is 21.7 Å². The van der Waals surface area contributed by atoms with Crippen LogP contribution in [0.2, 0.25) is 0 Å². The van der Waals surface area contributed by atoms with Crippen LogP contribution < -0.4 is 0 Å². The molecular weight excluding hydrogens is 365 g/mol. The van der Waals surface area contributed by atoms with Gasteiger partial charge in [-0.25, -0.2) is 4.68 Å². The highest BCUT2D eigenvalue weighted by Gasteiger charge is 2.15. The number of carbonyl (C=O) groups is 1. The number of nitriles is 1. The summed E-state index contributed by atoms with van der Waals surface area (Å²) >= 11 is 2.19. The van der Waals surface area contributed by atoms with Crippen LogP contribution >= 0.6 is 22.6 Å². The zero-order valence-corrected chi connectivity index (χ0v) is 13.2. The molecule has 0 fully saturated rings. The van der Waals surface area contributed by atoms with Gasteiger partial charge in [0.05, 0.1) is 5.69 Å². The van der Waals surface area contributed by atoms with Crippen molar-refractivity contribution in [1.29, 1.82) is 5.26 Å². The van der Waals surface area contributed by atoms with Crippen LogP contribution in [0.25, 0.3) is 6.08 Å². The second-order valence-electron chi connectivity index (χ2n) is 4.37. The zero-order chi connectivity index (χ0) is 14.7. The van der Waals surface area contributed by atoms with Gasteiger partial charge in [-0.2, -0.15) is 10.4 Å². The molecule has 0 aliphatic heterocycles. The molecular formula is C15H12IN3O. The van der Waals surface area contributed by atoms with Gasteiger partial charge in [0.2, 0.25) is 0 Å². The van der Waals surface area contributed by atoms with E-state index in [0.29, 0.717) is 0 Å². The molecule has 2 rings (SSSR count). The molecule has 0 amide bonds. The molecule has 0 aliphatic rings. The van der Waals surface area contributed by atoms with Crippen molar-refractivity contribution < 1.29 is 4.79 Å². The van der Waals surface area contributed by atoms with Gasteiger partial charge in [0.25, 0.3) is 5.91 Å². The molecule has 4 nitrogen and oxygen atoms in total. The third-order valence-corrected chi connectivity index (χ3v) is 3.38. The first-order valence-electron chi connectivity index (χ1n) is 5.96. The minimum Gasteiger partial charge on any atom is -0.266 e. The Bertz CT molecular complexity index is 738. The molecule has 0 saturated carbocycles. The first-order chi connectivity index (χ1) is 9.51. The van der Waals surface area contributed by atoms with E-state index in [1.54, 1.807) is 19.1 Å². The molecule has 0 saturated heterocycles. The fourth-order valence-electron chi connectivity index (χ4n) is 1.85. The molecule has 2 aromatic rings. The molecule has 5 heteroatoms. The number of aromatic nitrogens is 2. The van der Waals surface area contributed by atoms with E-state index in [1.165, 1.54) is 4.68 Å². The van der Waals surface area contributed by atoms with Crippen molar-refractivity contribution in [1.82, 2.24) is 9.78 Å². The van der Waals surface area contributed by atoms with Crippen molar-refractivity contribution in [2.24, 2.45) is 0 Å². The molecule has 1 aromatic heterocycles. The highest BCUT2D eigenvalue weighted by molar-refractivity contribution is 14.1. The lowest BCUT2D eigenvalue weighted by Gasteiger charge is -2.02. The average Bonchev–Trinajstić information content (AvgIpc) is 2.74. The van der Waals surface area contributed by atoms with E-state index >= 15 is 0 Å². The molecule has 0 radical (unpaired) electrons. The van der Waals surface area contributed by atoms with Crippen molar-refractivity contribution >= 4 is 34.6 Å². The molecule has 0 bridgehead atoms. The predicted molar refractivity (Wildman–Crippen MR) is 85.1 cm³/mol. The number of hydrogen-bond acceptors (Lipinski definition) is 3. The monoisotopic (exact) mass is 377 g/mol. The van der Waals surface area contributed by atoms with Gasteiger partial charge in [0, 0.05) is 9.26 Å². The van der Waals surface area contributed by atoms with E-state index < -0.39 is 5.91 Å². The maximum Gasteiger partial charge on any atom is 0.289 e. The predicted octanol–water partition coefficient (Wildman–Crippen LogP) is 3.35. The van der Waals surface area contributed by atoms with Crippen LogP contribution in [0.4, 0.5) is 0 Å². The molecule has 0 spiro atoms. The van der Waals surface area contributed by atoms with E-state index in [1.807, 2.05) is 37.3 Å². The number of aryl methyl sites for hydroxylation is 2. The Kier molecular flexibility index (Phi) is 4.35. The topological polar surface area (TPSA) is 58.7 Å². The number of hydrogen-bond donors (Lipinski definition) is 0. The van der Waals surface area contributed by atoms with Crippen LogP contribution in [0.15, 0.2) is 35.9 Å². The van der Waals surface area contributed by atoms with E-state index in [0.717, 1.165) is 20.5 Å². The number of halogens is 1. The van der Waals surface area contributed by atoms with Crippen molar-refractivity contribution in [3.05, 3.63) is 56.4 Å². The molecule has 0 unspecified atom stereocenters. The lowest BCUT2D eigenvalue weighted by atomic mass is 10.1. The Morgan fingerprint density at radius 1 is 1.40 bits per heavy atom. The van der Waals surface area contributed by atoms with Crippen molar-refractivity contribution in [3.8, 4) is 6.07 Å². The third kappa shape index (κ3) is 3.14. The Labute approximate surface area is 130 Å². The fraction of sp³-hybridized carbons (Fsp3) is 0.133. The van der Waals surface area contributed by atoms with Gasteiger partial charge < -0.3 is 0 Å². The first-order valence-corrected chi connectivity index (χ1v) is 7.04. The number of allylic oxidation sites excluding steroid dienone is 1. The van der Waals surface area contributed by atoms with Crippen LogP contribution in [-0.2, 0) is 0 Å². The van der Waals surface area contributed by atoms with Crippen LogP contribution in [-0.4, -0.2) is 15.7 Å². The molecule has 1 heterocycles. The van der Waals surface area contributed by atoms with Crippen LogP contribution in [0.3, 0.4) is 0 Å². The van der Waals surface area contributed by atoms with Crippen molar-refractivity contribution in [3.63, 3.8) is 0 Å². The van der Waals surface area contributed by atoms with Gasteiger partial charge in [0.15, 0.2) is 0 Å². The number of nitrogens with zero attached hydrogens (tertiary/aromatic N) is 3. The van der Waals surface area contributed by atoms with Gasteiger partial charge in [-0.05, 0) is 66.3 Å². The number of rotatable bonds is 2. The normalized spacial score (nSPS) is 11.2. The van der Waals surface area contributed by atoms with Gasteiger partial charge in [-0.15, -0.1) is 0 Å². The minimum absolute atomic E-state index is 0.0678. The maximum absolute atomic E-state index is 12.3. The standard InChI is InChI=1S/C15H12IN3O/c1-10-6-11(2)19(18-10)15(20)13(9-17)7-12-4-3-5-14(16)8-12/h3-8H,1-2H3/b13-7+. The summed E-state index contributed by atoms with van der Waals surface area (Å²) in [6.07, 6.45) is 1.58. The van der Waals surface area contributed by atoms with Gasteiger partial charge >= 0.3 is 0 Å². The van der Waals surface area contributed by atoms with Crippen molar-refractivity contribution in [2.45, 2.75) is 13.8 Å². The Balaban J connectivity index is 2.41. The molecule has 0 aliphatic carbocycles. The van der Waals surface area contributed by atoms with Crippen molar-refractivity contribution in [2.75, 3.05) is 0 Å². The summed E-state index contributed by atoms with van der Waals surface area (Å²) in [7, 11) is 0. The van der Waals surface area contributed by atoms with Gasteiger partial charge in [0.1, 0.15) is 11.6 Å². The quantitative estimate of drug-likeness (QED) is 0.458. The molecule has 0 N–H and O–H groups in total. The van der Waals surface area contributed by atoms with E-state index in [9.17, 15) is 10.1 Å². The third-order valence-electron chi connectivity index (χ3n) is 2.71.